The molecule has 0 radical (unpaired) electrons. The molecule has 2 N–H and O–H groups in total. The number of benzene rings is 2. The Labute approximate surface area is 173 Å². The summed E-state index contributed by atoms with van der Waals surface area (Å²) in [5, 5.41) is 4.48. The van der Waals surface area contributed by atoms with E-state index >= 15 is 0 Å². The largest absolute Gasteiger partial charge is 0.468 e. The number of esters is 1. The highest BCUT2D eigenvalue weighted by Crippen LogP contribution is 2.34. The molecule has 0 spiro atoms. The Morgan fingerprint density at radius 3 is 2.63 bits per heavy atom. The quantitative estimate of drug-likeness (QED) is 0.512. The van der Waals surface area contributed by atoms with Crippen LogP contribution in [-0.2, 0) is 21.4 Å². The fourth-order valence-electron chi connectivity index (χ4n) is 3.81. The average Bonchev–Trinajstić information content (AvgIpc) is 3.09. The summed E-state index contributed by atoms with van der Waals surface area (Å²) in [5.41, 5.74) is 8.41. The maximum atomic E-state index is 13.8. The van der Waals surface area contributed by atoms with Gasteiger partial charge in [0.05, 0.1) is 18.4 Å². The van der Waals surface area contributed by atoms with Crippen molar-refractivity contribution < 1.29 is 13.9 Å². The summed E-state index contributed by atoms with van der Waals surface area (Å²) in [6, 6.07) is 17.5. The normalized spacial score (nSPS) is 13.2. The van der Waals surface area contributed by atoms with Crippen LogP contribution in [0.3, 0.4) is 0 Å². The van der Waals surface area contributed by atoms with E-state index in [4.69, 9.17) is 10.5 Å². The fourth-order valence-corrected chi connectivity index (χ4v) is 3.81. The first-order chi connectivity index (χ1) is 14.4. The molecule has 0 aliphatic carbocycles. The van der Waals surface area contributed by atoms with Crippen molar-refractivity contribution in [3.8, 4) is 11.1 Å². The third-order valence-corrected chi connectivity index (χ3v) is 5.26. The second kappa shape index (κ2) is 7.59. The molecule has 30 heavy (non-hydrogen) atoms. The smallest absolute Gasteiger partial charge is 0.317 e. The van der Waals surface area contributed by atoms with Gasteiger partial charge in [-0.15, -0.1) is 5.10 Å². The first-order valence-electron chi connectivity index (χ1n) is 9.46. The number of halogens is 1. The van der Waals surface area contributed by atoms with Crippen molar-refractivity contribution >= 4 is 17.4 Å². The predicted octanol–water partition coefficient (Wildman–Crippen LogP) is 3.79. The van der Waals surface area contributed by atoms with E-state index in [0.717, 1.165) is 5.56 Å². The highest BCUT2D eigenvalue weighted by atomic mass is 19.1. The van der Waals surface area contributed by atoms with Crippen LogP contribution in [0.15, 0.2) is 66.9 Å². The van der Waals surface area contributed by atoms with Crippen molar-refractivity contribution in [3.05, 3.63) is 83.9 Å². The zero-order valence-corrected chi connectivity index (χ0v) is 16.7. The molecule has 6 nitrogen and oxygen atoms in total. The highest BCUT2D eigenvalue weighted by Gasteiger charge is 2.40. The van der Waals surface area contributed by atoms with Crippen molar-refractivity contribution in [2.45, 2.75) is 18.8 Å². The SMILES string of the molecule is COC(=O)[C@](C)(Cc1cccc(F)c1)c1ccnc2c(-c3ccccc3)c(N)nn12. The minimum atomic E-state index is -1.14. The molecule has 0 amide bonds. The molecule has 0 unspecified atom stereocenters. The summed E-state index contributed by atoms with van der Waals surface area (Å²) in [6.07, 6.45) is 1.84. The number of nitrogen functional groups attached to an aromatic ring is 1. The van der Waals surface area contributed by atoms with Crippen LogP contribution in [-0.4, -0.2) is 27.7 Å². The Bertz CT molecular complexity index is 1220. The molecule has 0 saturated heterocycles. The number of fused-ring (bicyclic) bond motifs is 1. The molecule has 0 fully saturated rings. The first kappa shape index (κ1) is 19.6. The second-order valence-electron chi connectivity index (χ2n) is 7.32. The van der Waals surface area contributed by atoms with E-state index in [2.05, 4.69) is 10.1 Å². The van der Waals surface area contributed by atoms with Crippen LogP contribution in [0.5, 0.6) is 0 Å². The summed E-state index contributed by atoms with van der Waals surface area (Å²) >= 11 is 0. The number of carbonyl (C=O) groups is 1. The molecule has 0 aliphatic heterocycles. The molecule has 152 valence electrons. The number of anilines is 1. The van der Waals surface area contributed by atoms with Crippen LogP contribution in [0.1, 0.15) is 18.2 Å². The van der Waals surface area contributed by atoms with Crippen LogP contribution in [0.25, 0.3) is 16.8 Å². The number of rotatable bonds is 5. The van der Waals surface area contributed by atoms with Gasteiger partial charge in [-0.25, -0.2) is 13.9 Å². The average molecular weight is 404 g/mol. The number of hydrogen-bond donors (Lipinski definition) is 1. The maximum absolute atomic E-state index is 13.8. The first-order valence-corrected chi connectivity index (χ1v) is 9.46. The Morgan fingerprint density at radius 1 is 1.17 bits per heavy atom. The monoisotopic (exact) mass is 404 g/mol. The van der Waals surface area contributed by atoms with Crippen LogP contribution < -0.4 is 5.73 Å². The van der Waals surface area contributed by atoms with Gasteiger partial charge in [0.1, 0.15) is 11.2 Å². The lowest BCUT2D eigenvalue weighted by Crippen LogP contribution is -2.38. The fraction of sp³-hybridized carbons (Fsp3) is 0.174. The van der Waals surface area contributed by atoms with Crippen LogP contribution in [0, 0.1) is 5.82 Å². The molecule has 0 saturated carbocycles. The molecule has 4 rings (SSSR count). The third-order valence-electron chi connectivity index (χ3n) is 5.26. The number of carbonyl (C=O) groups excluding carboxylic acids is 1. The van der Waals surface area contributed by atoms with Gasteiger partial charge in [-0.05, 0) is 42.7 Å². The van der Waals surface area contributed by atoms with E-state index in [1.807, 2.05) is 30.3 Å². The number of methoxy groups -OCH3 is 1. The number of nitrogens with two attached hydrogens (primary N) is 1. The van der Waals surface area contributed by atoms with E-state index in [1.165, 1.54) is 19.2 Å². The number of hydrogen-bond acceptors (Lipinski definition) is 5. The van der Waals surface area contributed by atoms with Crippen molar-refractivity contribution in [2.75, 3.05) is 12.8 Å². The van der Waals surface area contributed by atoms with Crippen molar-refractivity contribution in [3.63, 3.8) is 0 Å². The Morgan fingerprint density at radius 2 is 1.93 bits per heavy atom. The van der Waals surface area contributed by atoms with Crippen LogP contribution >= 0.6 is 0 Å². The summed E-state index contributed by atoms with van der Waals surface area (Å²) < 4.78 is 20.5. The Kier molecular flexibility index (Phi) is 4.95. The molecule has 1 atom stereocenters. The molecule has 2 aromatic carbocycles. The number of ether oxygens (including phenoxy) is 1. The van der Waals surface area contributed by atoms with E-state index in [9.17, 15) is 9.18 Å². The van der Waals surface area contributed by atoms with Gasteiger partial charge in [0, 0.05) is 6.20 Å². The van der Waals surface area contributed by atoms with E-state index in [-0.39, 0.29) is 12.2 Å². The topological polar surface area (TPSA) is 82.5 Å². The predicted molar refractivity (Wildman–Crippen MR) is 112 cm³/mol. The summed E-state index contributed by atoms with van der Waals surface area (Å²) in [4.78, 5) is 17.4. The van der Waals surface area contributed by atoms with E-state index < -0.39 is 11.4 Å². The lowest BCUT2D eigenvalue weighted by molar-refractivity contribution is -0.147. The zero-order chi connectivity index (χ0) is 21.3. The minimum Gasteiger partial charge on any atom is -0.468 e. The maximum Gasteiger partial charge on any atom is 0.317 e. The van der Waals surface area contributed by atoms with Gasteiger partial charge in [0.2, 0.25) is 0 Å². The standard InChI is InChI=1S/C23H21FN4O2/c1-23(22(29)30-2,14-15-7-6-10-17(24)13-15)18-11-12-26-21-19(20(25)27-28(18)21)16-8-4-3-5-9-16/h3-13H,14H2,1-2H3,(H2,25,27)/t23-/m1/s1. The Hall–Kier alpha value is -3.74. The lowest BCUT2D eigenvalue weighted by Gasteiger charge is -2.27. The number of nitrogens with zero attached hydrogens (tertiary/aromatic N) is 3. The molecular weight excluding hydrogens is 383 g/mol. The highest BCUT2D eigenvalue weighted by molar-refractivity contribution is 5.87. The van der Waals surface area contributed by atoms with Crippen LogP contribution in [0.4, 0.5) is 10.2 Å². The van der Waals surface area contributed by atoms with Gasteiger partial charge >= 0.3 is 5.97 Å². The van der Waals surface area contributed by atoms with Gasteiger partial charge in [-0.3, -0.25) is 4.79 Å². The Balaban J connectivity index is 1.92. The van der Waals surface area contributed by atoms with E-state index in [1.54, 1.807) is 35.8 Å². The minimum absolute atomic E-state index is 0.219. The molecule has 2 aromatic heterocycles. The van der Waals surface area contributed by atoms with Gasteiger partial charge in [-0.1, -0.05) is 42.5 Å². The molecule has 7 heteroatoms. The van der Waals surface area contributed by atoms with Gasteiger partial charge < -0.3 is 10.5 Å². The molecule has 2 heterocycles. The van der Waals surface area contributed by atoms with Gasteiger partial charge in [0.15, 0.2) is 11.5 Å². The number of aromatic nitrogens is 3. The summed E-state index contributed by atoms with van der Waals surface area (Å²) in [5.74, 6) is -0.525. The van der Waals surface area contributed by atoms with Crippen molar-refractivity contribution in [2.24, 2.45) is 0 Å². The van der Waals surface area contributed by atoms with E-state index in [0.29, 0.717) is 28.3 Å². The van der Waals surface area contributed by atoms with Crippen LogP contribution in [0.2, 0.25) is 0 Å². The second-order valence-corrected chi connectivity index (χ2v) is 7.32. The molecular formula is C23H21FN4O2. The van der Waals surface area contributed by atoms with Gasteiger partial charge in [-0.2, -0.15) is 0 Å². The molecule has 0 aliphatic rings. The third kappa shape index (κ3) is 3.28. The molecule has 4 aromatic rings. The summed E-state index contributed by atoms with van der Waals surface area (Å²) in [7, 11) is 1.33. The van der Waals surface area contributed by atoms with Crippen molar-refractivity contribution in [1.82, 2.24) is 14.6 Å². The lowest BCUT2D eigenvalue weighted by atomic mass is 9.80. The zero-order valence-electron chi connectivity index (χ0n) is 16.7. The van der Waals surface area contributed by atoms with Gasteiger partial charge in [0.25, 0.3) is 0 Å². The molecule has 0 bridgehead atoms. The summed E-state index contributed by atoms with van der Waals surface area (Å²) in [6.45, 7) is 1.75. The van der Waals surface area contributed by atoms with Crippen molar-refractivity contribution in [1.29, 1.82) is 0 Å².